The van der Waals surface area contributed by atoms with Crippen LogP contribution in [-0.4, -0.2) is 42.9 Å². The second-order valence-electron chi connectivity index (χ2n) is 8.87. The van der Waals surface area contributed by atoms with Crippen LogP contribution in [0, 0.1) is 0 Å². The van der Waals surface area contributed by atoms with Crippen LogP contribution >= 0.6 is 0 Å². The first-order chi connectivity index (χ1) is 16.2. The summed E-state index contributed by atoms with van der Waals surface area (Å²) >= 11 is 0. The molecule has 1 saturated carbocycles. The summed E-state index contributed by atoms with van der Waals surface area (Å²) in [6, 6.07) is 8.13. The molecule has 1 aromatic rings. The molecule has 0 radical (unpaired) electrons. The third-order valence-electron chi connectivity index (χ3n) is 6.56. The van der Waals surface area contributed by atoms with Crippen LogP contribution in [0.1, 0.15) is 64.4 Å². The van der Waals surface area contributed by atoms with Crippen molar-refractivity contribution in [2.45, 2.75) is 58.8 Å². The van der Waals surface area contributed by atoms with Gasteiger partial charge in [0.2, 0.25) is 0 Å². The molecule has 1 aromatic carbocycles. The minimum atomic E-state index is 0.820. The Bertz CT molecular complexity index is 992. The Hall–Kier alpha value is -2.95. The number of hydrogen-bond acceptors (Lipinski definition) is 5. The van der Waals surface area contributed by atoms with Crippen molar-refractivity contribution < 1.29 is 9.47 Å². The predicted molar refractivity (Wildman–Crippen MR) is 136 cm³/mol. The molecule has 0 atom stereocenters. The highest BCUT2D eigenvalue weighted by Gasteiger charge is 2.31. The number of allylic oxidation sites excluding steroid dienone is 3. The van der Waals surface area contributed by atoms with Crippen molar-refractivity contribution in [2.75, 3.05) is 27.3 Å². The van der Waals surface area contributed by atoms with Gasteiger partial charge in [0.1, 0.15) is 5.75 Å². The van der Waals surface area contributed by atoms with E-state index in [-0.39, 0.29) is 0 Å². The van der Waals surface area contributed by atoms with E-state index in [9.17, 15) is 0 Å². The summed E-state index contributed by atoms with van der Waals surface area (Å²) in [5, 5.41) is 0. The number of unbranched alkanes of at least 4 members (excludes halogenated alkanes) is 2. The van der Waals surface area contributed by atoms with E-state index in [1.807, 2.05) is 12.1 Å². The summed E-state index contributed by atoms with van der Waals surface area (Å²) in [5.74, 6) is 2.54. The molecule has 0 N–H and O–H groups in total. The average Bonchev–Trinajstić information content (AvgIpc) is 2.82. The molecule has 0 amide bonds. The molecule has 2 heterocycles. The van der Waals surface area contributed by atoms with Crippen LogP contribution in [0.5, 0.6) is 5.75 Å². The standard InChI is InChI=1S/C28H37N3O2/c1-5-7-8-17-30(16-6-2)23-18-27(33-4)28-29-25(21-12-14-24(32-3)15-13-21)19-26(31(28)20-23)22-10-9-11-22/h12-15,18-20H,5-11,16-17H2,1-4H3. The average molecular weight is 448 g/mol. The normalized spacial score (nSPS) is 17.4. The third-order valence-corrected chi connectivity index (χ3v) is 6.56. The van der Waals surface area contributed by atoms with E-state index < -0.39 is 0 Å². The first kappa shape index (κ1) is 23.2. The highest BCUT2D eigenvalue weighted by molar-refractivity contribution is 6.05. The van der Waals surface area contributed by atoms with Crippen molar-refractivity contribution in [1.29, 1.82) is 0 Å². The Morgan fingerprint density at radius 1 is 0.939 bits per heavy atom. The van der Waals surface area contributed by atoms with Gasteiger partial charge < -0.3 is 14.4 Å². The highest BCUT2D eigenvalue weighted by Crippen LogP contribution is 2.38. The van der Waals surface area contributed by atoms with Gasteiger partial charge in [-0.1, -0.05) is 26.7 Å². The number of hydrogen-bond donors (Lipinski definition) is 0. The van der Waals surface area contributed by atoms with Crippen LogP contribution in [-0.2, 0) is 4.74 Å². The van der Waals surface area contributed by atoms with Gasteiger partial charge in [0.05, 0.1) is 25.6 Å². The Kier molecular flexibility index (Phi) is 7.58. The smallest absolute Gasteiger partial charge is 0.180 e. The fraction of sp³-hybridized carbons (Fsp3) is 0.464. The van der Waals surface area contributed by atoms with Gasteiger partial charge in [0.15, 0.2) is 11.6 Å². The lowest BCUT2D eigenvalue weighted by Gasteiger charge is -2.37. The zero-order chi connectivity index (χ0) is 23.2. The molecular formula is C28H37N3O2. The molecule has 0 aromatic heterocycles. The van der Waals surface area contributed by atoms with Crippen molar-refractivity contribution in [1.82, 2.24) is 9.80 Å². The molecule has 2 aliphatic heterocycles. The number of benzene rings is 1. The monoisotopic (exact) mass is 447 g/mol. The van der Waals surface area contributed by atoms with Crippen molar-refractivity contribution in [3.8, 4) is 5.75 Å². The van der Waals surface area contributed by atoms with Gasteiger partial charge in [0.25, 0.3) is 0 Å². The fourth-order valence-corrected chi connectivity index (χ4v) is 4.49. The van der Waals surface area contributed by atoms with E-state index in [0.29, 0.717) is 0 Å². The summed E-state index contributed by atoms with van der Waals surface area (Å²) in [6.45, 7) is 6.62. The summed E-state index contributed by atoms with van der Waals surface area (Å²) in [4.78, 5) is 9.82. The predicted octanol–water partition coefficient (Wildman–Crippen LogP) is 6.48. The number of fused-ring (bicyclic) bond motifs is 1. The van der Waals surface area contributed by atoms with Gasteiger partial charge in [-0.05, 0) is 68.0 Å². The molecule has 4 rings (SSSR count). The Labute approximate surface area is 198 Å². The quantitative estimate of drug-likeness (QED) is 0.385. The molecule has 0 spiro atoms. The van der Waals surface area contributed by atoms with E-state index in [0.717, 1.165) is 61.0 Å². The van der Waals surface area contributed by atoms with Crippen LogP contribution in [0.25, 0.3) is 5.70 Å². The number of rotatable bonds is 10. The lowest BCUT2D eigenvalue weighted by atomic mass is 9.88. The molecule has 176 valence electrons. The minimum absolute atomic E-state index is 0.820. The van der Waals surface area contributed by atoms with Crippen molar-refractivity contribution >= 4 is 11.5 Å². The number of amidine groups is 1. The van der Waals surface area contributed by atoms with Gasteiger partial charge in [-0.25, -0.2) is 4.99 Å². The number of ether oxygens (including phenoxy) is 2. The van der Waals surface area contributed by atoms with E-state index in [2.05, 4.69) is 54.1 Å². The number of methoxy groups -OCH3 is 2. The maximum Gasteiger partial charge on any atom is 0.180 e. The van der Waals surface area contributed by atoms with Crippen LogP contribution in [0.4, 0.5) is 0 Å². The summed E-state index contributed by atoms with van der Waals surface area (Å²) < 4.78 is 11.2. The van der Waals surface area contributed by atoms with E-state index in [4.69, 9.17) is 14.5 Å². The zero-order valence-corrected chi connectivity index (χ0v) is 20.6. The molecule has 3 aliphatic rings. The summed E-state index contributed by atoms with van der Waals surface area (Å²) in [6.07, 6.45) is 15.1. The second-order valence-corrected chi connectivity index (χ2v) is 8.87. The van der Waals surface area contributed by atoms with Crippen LogP contribution < -0.4 is 4.74 Å². The molecule has 0 saturated heterocycles. The first-order valence-corrected chi connectivity index (χ1v) is 12.4. The van der Waals surface area contributed by atoms with Crippen molar-refractivity contribution in [3.05, 3.63) is 70.9 Å². The van der Waals surface area contributed by atoms with Gasteiger partial charge in [-0.2, -0.15) is 0 Å². The van der Waals surface area contributed by atoms with E-state index >= 15 is 0 Å². The maximum atomic E-state index is 5.90. The Morgan fingerprint density at radius 2 is 1.73 bits per heavy atom. The molecule has 1 fully saturated rings. The Morgan fingerprint density at radius 3 is 2.33 bits per heavy atom. The molecule has 5 nitrogen and oxygen atoms in total. The molecule has 1 aliphatic carbocycles. The molecule has 33 heavy (non-hydrogen) atoms. The zero-order valence-electron chi connectivity index (χ0n) is 20.6. The largest absolute Gasteiger partial charge is 0.497 e. The molecule has 5 heteroatoms. The Balaban J connectivity index is 1.72. The lowest BCUT2D eigenvalue weighted by Crippen LogP contribution is -2.37. The summed E-state index contributed by atoms with van der Waals surface area (Å²) in [5.41, 5.74) is 6.00. The third kappa shape index (κ3) is 5.02. The van der Waals surface area contributed by atoms with Gasteiger partial charge in [0, 0.05) is 36.6 Å². The minimum Gasteiger partial charge on any atom is -0.497 e. The summed E-state index contributed by atoms with van der Waals surface area (Å²) in [7, 11) is 3.44. The van der Waals surface area contributed by atoms with Gasteiger partial charge >= 0.3 is 0 Å². The SMILES string of the molecule is CCCCCN(CCC)C1=CN2C(=NC(c3ccc(OC)cc3)=CC2=C2CCC2)C(OC)=C1. The second kappa shape index (κ2) is 10.8. The fourth-order valence-electron chi connectivity index (χ4n) is 4.49. The van der Waals surface area contributed by atoms with Crippen molar-refractivity contribution in [2.24, 2.45) is 4.99 Å². The molecule has 0 bridgehead atoms. The van der Waals surface area contributed by atoms with E-state index in [1.54, 1.807) is 14.2 Å². The van der Waals surface area contributed by atoms with Gasteiger partial charge in [-0.15, -0.1) is 0 Å². The topological polar surface area (TPSA) is 37.3 Å². The van der Waals surface area contributed by atoms with Crippen LogP contribution in [0.15, 0.2) is 70.3 Å². The van der Waals surface area contributed by atoms with Crippen LogP contribution in [0.3, 0.4) is 0 Å². The van der Waals surface area contributed by atoms with Crippen LogP contribution in [0.2, 0.25) is 0 Å². The van der Waals surface area contributed by atoms with Crippen molar-refractivity contribution in [3.63, 3.8) is 0 Å². The number of aliphatic imine (C=N–C) groups is 1. The highest BCUT2D eigenvalue weighted by atomic mass is 16.5. The van der Waals surface area contributed by atoms with Gasteiger partial charge in [-0.3, -0.25) is 4.90 Å². The maximum absolute atomic E-state index is 5.90. The first-order valence-electron chi connectivity index (χ1n) is 12.4. The molecular weight excluding hydrogens is 410 g/mol. The number of nitrogens with zero attached hydrogens (tertiary/aromatic N) is 3. The molecule has 0 unspecified atom stereocenters. The van der Waals surface area contributed by atoms with E-state index in [1.165, 1.54) is 42.7 Å². The lowest BCUT2D eigenvalue weighted by molar-refractivity contribution is 0.294.